The molecule has 5 N–H and O–H groups in total. The lowest BCUT2D eigenvalue weighted by molar-refractivity contribution is 0.0974. The molecule has 0 heterocycles. The van der Waals surface area contributed by atoms with Crippen molar-refractivity contribution in [3.05, 3.63) is 29.8 Å². The van der Waals surface area contributed by atoms with Gasteiger partial charge in [0.05, 0.1) is 11.9 Å². The molecule has 0 aromatic heterocycles. The average molecular weight is 206 g/mol. The maximum Gasteiger partial charge on any atom is 0.261 e. The fourth-order valence-corrected chi connectivity index (χ4v) is 0.947. The van der Waals surface area contributed by atoms with Gasteiger partial charge < -0.3 is 10.8 Å². The maximum absolute atomic E-state index is 11.4. The highest BCUT2D eigenvalue weighted by atomic mass is 16.3. The maximum atomic E-state index is 11.4. The number of nitrogens with zero attached hydrogens (tertiary/aromatic N) is 1. The van der Waals surface area contributed by atoms with E-state index >= 15 is 0 Å². The van der Waals surface area contributed by atoms with Crippen molar-refractivity contribution in [2.24, 2.45) is 10.7 Å². The summed E-state index contributed by atoms with van der Waals surface area (Å²) >= 11 is 0. The number of hydrogen-bond acceptors (Lipinski definition) is 3. The summed E-state index contributed by atoms with van der Waals surface area (Å²) in [4.78, 5) is 14.8. The van der Waals surface area contributed by atoms with Crippen LogP contribution in [0.4, 0.5) is 0 Å². The van der Waals surface area contributed by atoms with Crippen LogP contribution in [0.5, 0.6) is 5.75 Å². The minimum Gasteiger partial charge on any atom is -0.507 e. The normalized spacial score (nSPS) is 10.1. The Balaban J connectivity index is 2.78. The molecule has 0 saturated carbocycles. The standard InChI is InChI=1S/C9H10N4O2/c10-5-12-9(11)13-8(15)6-3-1-2-4-7(6)14/h1-5,14H,(H4,10,11,12,13,15). The van der Waals surface area contributed by atoms with E-state index in [1.807, 2.05) is 0 Å². The third kappa shape index (κ3) is 2.80. The number of nitrogens with one attached hydrogen (secondary N) is 2. The van der Waals surface area contributed by atoms with E-state index < -0.39 is 5.91 Å². The number of phenolic OH excluding ortho intramolecular Hbond substituents is 1. The van der Waals surface area contributed by atoms with E-state index in [2.05, 4.69) is 10.3 Å². The van der Waals surface area contributed by atoms with Crippen LogP contribution >= 0.6 is 0 Å². The van der Waals surface area contributed by atoms with Gasteiger partial charge in [0.2, 0.25) is 5.96 Å². The van der Waals surface area contributed by atoms with Gasteiger partial charge in [0.15, 0.2) is 0 Å². The molecule has 1 amide bonds. The van der Waals surface area contributed by atoms with Crippen LogP contribution in [0.1, 0.15) is 10.4 Å². The summed E-state index contributed by atoms with van der Waals surface area (Å²) in [5.41, 5.74) is 5.02. The zero-order valence-electron chi connectivity index (χ0n) is 7.77. The number of rotatable bonds is 1. The zero-order valence-corrected chi connectivity index (χ0v) is 7.77. The number of benzene rings is 1. The molecule has 1 aromatic carbocycles. The van der Waals surface area contributed by atoms with Gasteiger partial charge in [0, 0.05) is 0 Å². The minimum absolute atomic E-state index is 0.0782. The van der Waals surface area contributed by atoms with Crippen molar-refractivity contribution in [1.29, 1.82) is 5.41 Å². The lowest BCUT2D eigenvalue weighted by Gasteiger charge is -2.03. The van der Waals surface area contributed by atoms with Crippen molar-refractivity contribution in [2.75, 3.05) is 0 Å². The Bertz CT molecular complexity index is 414. The summed E-state index contributed by atoms with van der Waals surface area (Å²) in [6, 6.07) is 6.01. The number of amides is 1. The average Bonchev–Trinajstić information content (AvgIpc) is 2.18. The Labute approximate surface area is 86.0 Å². The molecule has 6 nitrogen and oxygen atoms in total. The second-order valence-electron chi connectivity index (χ2n) is 2.60. The number of phenols is 1. The van der Waals surface area contributed by atoms with Gasteiger partial charge in [-0.05, 0) is 12.1 Å². The first kappa shape index (κ1) is 10.7. The van der Waals surface area contributed by atoms with Crippen LogP contribution in [0.15, 0.2) is 29.3 Å². The monoisotopic (exact) mass is 206 g/mol. The smallest absolute Gasteiger partial charge is 0.261 e. The Kier molecular flexibility index (Phi) is 3.39. The van der Waals surface area contributed by atoms with Crippen LogP contribution in [-0.2, 0) is 0 Å². The largest absolute Gasteiger partial charge is 0.507 e. The highest BCUT2D eigenvalue weighted by molar-refractivity contribution is 6.07. The molecule has 0 bridgehead atoms. The van der Waals surface area contributed by atoms with E-state index in [4.69, 9.17) is 11.1 Å². The molecule has 0 atom stereocenters. The van der Waals surface area contributed by atoms with E-state index in [1.165, 1.54) is 12.1 Å². The molecule has 1 aromatic rings. The molecule has 0 saturated heterocycles. The first-order valence-corrected chi connectivity index (χ1v) is 4.07. The number of carbonyl (C=O) groups excluding carboxylic acids is 1. The minimum atomic E-state index is -0.608. The van der Waals surface area contributed by atoms with E-state index in [-0.39, 0.29) is 17.3 Å². The summed E-state index contributed by atoms with van der Waals surface area (Å²) in [7, 11) is 0. The lowest BCUT2D eigenvalue weighted by Crippen LogP contribution is -2.28. The first-order valence-electron chi connectivity index (χ1n) is 4.07. The number of hydrogen-bond donors (Lipinski definition) is 4. The molecule has 15 heavy (non-hydrogen) atoms. The topological polar surface area (TPSA) is 112 Å². The molecular formula is C9H10N4O2. The third-order valence-corrected chi connectivity index (χ3v) is 1.58. The summed E-state index contributed by atoms with van der Waals surface area (Å²) in [5, 5.41) is 18.6. The lowest BCUT2D eigenvalue weighted by atomic mass is 10.2. The number of guanidine groups is 1. The van der Waals surface area contributed by atoms with Gasteiger partial charge in [-0.1, -0.05) is 12.1 Å². The Morgan fingerprint density at radius 3 is 2.80 bits per heavy atom. The molecule has 0 aliphatic carbocycles. The Hall–Kier alpha value is -2.37. The summed E-state index contributed by atoms with van der Waals surface area (Å²) in [6.07, 6.45) is 0.896. The molecule has 0 fully saturated rings. The molecule has 1 rings (SSSR count). The number of carbonyl (C=O) groups is 1. The van der Waals surface area contributed by atoms with Crippen molar-refractivity contribution >= 4 is 18.2 Å². The third-order valence-electron chi connectivity index (χ3n) is 1.58. The number of para-hydroxylation sites is 1. The molecule has 0 spiro atoms. The number of aromatic hydroxyl groups is 1. The van der Waals surface area contributed by atoms with Crippen LogP contribution in [0.25, 0.3) is 0 Å². The van der Waals surface area contributed by atoms with E-state index in [0.29, 0.717) is 0 Å². The van der Waals surface area contributed by atoms with Gasteiger partial charge in [0.25, 0.3) is 5.91 Å². The predicted octanol–water partition coefficient (Wildman–Crippen LogP) is 0.0438. The molecule has 0 aliphatic heterocycles. The van der Waals surface area contributed by atoms with Crippen molar-refractivity contribution in [2.45, 2.75) is 0 Å². The summed E-state index contributed by atoms with van der Waals surface area (Å²) in [6.45, 7) is 0. The van der Waals surface area contributed by atoms with Gasteiger partial charge >= 0.3 is 0 Å². The quantitative estimate of drug-likeness (QED) is 0.384. The molecule has 0 radical (unpaired) electrons. The van der Waals surface area contributed by atoms with Gasteiger partial charge in [-0.2, -0.15) is 0 Å². The Morgan fingerprint density at radius 2 is 2.20 bits per heavy atom. The van der Waals surface area contributed by atoms with Crippen molar-refractivity contribution in [3.63, 3.8) is 0 Å². The second kappa shape index (κ2) is 4.75. The van der Waals surface area contributed by atoms with Crippen LogP contribution in [0, 0.1) is 5.41 Å². The fraction of sp³-hybridized carbons (Fsp3) is 0. The molecule has 6 heteroatoms. The van der Waals surface area contributed by atoms with E-state index in [1.54, 1.807) is 12.1 Å². The van der Waals surface area contributed by atoms with E-state index in [9.17, 15) is 9.90 Å². The Morgan fingerprint density at radius 1 is 1.53 bits per heavy atom. The molecular weight excluding hydrogens is 196 g/mol. The van der Waals surface area contributed by atoms with Gasteiger partial charge in [-0.25, -0.2) is 4.99 Å². The van der Waals surface area contributed by atoms with E-state index in [0.717, 1.165) is 6.34 Å². The van der Waals surface area contributed by atoms with Gasteiger partial charge in [-0.15, -0.1) is 0 Å². The van der Waals surface area contributed by atoms with Crippen molar-refractivity contribution in [3.8, 4) is 5.75 Å². The van der Waals surface area contributed by atoms with Crippen molar-refractivity contribution in [1.82, 2.24) is 5.32 Å². The highest BCUT2D eigenvalue weighted by Crippen LogP contribution is 2.14. The van der Waals surface area contributed by atoms with Gasteiger partial charge in [0.1, 0.15) is 5.75 Å². The SMILES string of the molecule is N=C(/N=C\N)NC(=O)c1ccccc1O. The molecule has 0 aliphatic rings. The zero-order chi connectivity index (χ0) is 11.3. The summed E-state index contributed by atoms with van der Waals surface area (Å²) in [5.74, 6) is -1.14. The second-order valence-corrected chi connectivity index (χ2v) is 2.60. The molecule has 78 valence electrons. The predicted molar refractivity (Wildman–Crippen MR) is 56.0 cm³/mol. The van der Waals surface area contributed by atoms with Crippen LogP contribution in [0.3, 0.4) is 0 Å². The number of nitrogens with two attached hydrogens (primary N) is 1. The first-order chi connectivity index (χ1) is 7.15. The molecule has 0 unspecified atom stereocenters. The highest BCUT2D eigenvalue weighted by Gasteiger charge is 2.10. The van der Waals surface area contributed by atoms with Crippen molar-refractivity contribution < 1.29 is 9.90 Å². The van der Waals surface area contributed by atoms with Crippen LogP contribution in [0.2, 0.25) is 0 Å². The van der Waals surface area contributed by atoms with Crippen LogP contribution < -0.4 is 11.1 Å². The van der Waals surface area contributed by atoms with Gasteiger partial charge in [-0.3, -0.25) is 15.5 Å². The fourth-order valence-electron chi connectivity index (χ4n) is 0.947. The summed E-state index contributed by atoms with van der Waals surface area (Å²) < 4.78 is 0. The van der Waals surface area contributed by atoms with Crippen LogP contribution in [-0.4, -0.2) is 23.3 Å². The number of aliphatic imine (C=N–C) groups is 1.